The number of nitrogens with zero attached hydrogens (tertiary/aromatic N) is 2. The Morgan fingerprint density at radius 1 is 1.53 bits per heavy atom. The van der Waals surface area contributed by atoms with E-state index in [2.05, 4.69) is 4.57 Å². The zero-order valence-corrected chi connectivity index (χ0v) is 10.1. The van der Waals surface area contributed by atoms with Crippen LogP contribution in [0.2, 0.25) is 0 Å². The molecule has 2 fully saturated rings. The average molecular weight is 234 g/mol. The lowest BCUT2D eigenvalue weighted by Gasteiger charge is -2.46. The molecule has 0 radical (unpaired) electrons. The van der Waals surface area contributed by atoms with Crippen molar-refractivity contribution in [2.24, 2.45) is 0 Å². The molecule has 0 unspecified atom stereocenters. The number of amides is 1. The maximum Gasteiger partial charge on any atom is 0.270 e. The summed E-state index contributed by atoms with van der Waals surface area (Å²) in [5.41, 5.74) is 0.123. The van der Waals surface area contributed by atoms with Gasteiger partial charge >= 0.3 is 0 Å². The quantitative estimate of drug-likeness (QED) is 0.859. The van der Waals surface area contributed by atoms with Gasteiger partial charge in [-0.1, -0.05) is 6.92 Å². The molecular formula is C13H18N2O2. The maximum atomic E-state index is 12.2. The van der Waals surface area contributed by atoms with E-state index in [9.17, 15) is 9.90 Å². The van der Waals surface area contributed by atoms with Gasteiger partial charge in [-0.05, 0) is 31.4 Å². The van der Waals surface area contributed by atoms with Gasteiger partial charge in [-0.25, -0.2) is 0 Å². The Labute approximate surface area is 101 Å². The van der Waals surface area contributed by atoms with Crippen LogP contribution in [-0.2, 0) is 0 Å². The fourth-order valence-corrected chi connectivity index (χ4v) is 2.44. The fourth-order valence-electron chi connectivity index (χ4n) is 2.44. The van der Waals surface area contributed by atoms with E-state index in [1.165, 1.54) is 12.8 Å². The molecule has 1 N–H and O–H groups in total. The van der Waals surface area contributed by atoms with Crippen LogP contribution in [0.1, 0.15) is 42.7 Å². The van der Waals surface area contributed by atoms with Crippen molar-refractivity contribution in [2.75, 3.05) is 13.1 Å². The van der Waals surface area contributed by atoms with Crippen LogP contribution in [0.15, 0.2) is 18.3 Å². The van der Waals surface area contributed by atoms with Gasteiger partial charge in [0.2, 0.25) is 0 Å². The van der Waals surface area contributed by atoms with Gasteiger partial charge in [0.25, 0.3) is 5.91 Å². The summed E-state index contributed by atoms with van der Waals surface area (Å²) in [4.78, 5) is 14.0. The molecule has 0 atom stereocenters. The lowest BCUT2D eigenvalue weighted by atomic mass is 9.91. The molecule has 1 aromatic rings. The Hall–Kier alpha value is -1.29. The monoisotopic (exact) mass is 234 g/mol. The van der Waals surface area contributed by atoms with Crippen molar-refractivity contribution in [3.05, 3.63) is 24.0 Å². The third-order valence-electron chi connectivity index (χ3n) is 3.85. The van der Waals surface area contributed by atoms with E-state index < -0.39 is 5.60 Å². The second kappa shape index (κ2) is 3.60. The Kier molecular flexibility index (Phi) is 2.30. The van der Waals surface area contributed by atoms with E-state index in [1.54, 1.807) is 4.90 Å². The van der Waals surface area contributed by atoms with Gasteiger partial charge in [0.05, 0.1) is 18.7 Å². The molecule has 2 heterocycles. The predicted molar refractivity (Wildman–Crippen MR) is 63.8 cm³/mol. The van der Waals surface area contributed by atoms with Crippen LogP contribution in [0.3, 0.4) is 0 Å². The molecule has 1 aliphatic carbocycles. The number of hydrogen-bond acceptors (Lipinski definition) is 2. The van der Waals surface area contributed by atoms with Gasteiger partial charge in [-0.3, -0.25) is 4.79 Å². The number of β-amino-alcohol motifs (C(OH)–C–C–N with tert-alkyl or cyclic N) is 1. The van der Waals surface area contributed by atoms with Crippen molar-refractivity contribution in [1.29, 1.82) is 0 Å². The molecule has 0 bridgehead atoms. The Morgan fingerprint density at radius 2 is 2.24 bits per heavy atom. The van der Waals surface area contributed by atoms with Crippen molar-refractivity contribution in [3.63, 3.8) is 0 Å². The fraction of sp³-hybridized carbons (Fsp3) is 0.615. The molecule has 0 spiro atoms. The minimum atomic E-state index is -0.646. The maximum absolute atomic E-state index is 12.2. The molecule has 2 aliphatic rings. The average Bonchev–Trinajstić information content (AvgIpc) is 3.02. The summed E-state index contributed by atoms with van der Waals surface area (Å²) >= 11 is 0. The molecule has 0 aromatic carbocycles. The van der Waals surface area contributed by atoms with E-state index in [0.717, 1.165) is 5.69 Å². The van der Waals surface area contributed by atoms with Crippen LogP contribution in [0.5, 0.6) is 0 Å². The third kappa shape index (κ3) is 1.76. The number of likely N-dealkylation sites (tertiary alicyclic amines) is 1. The summed E-state index contributed by atoms with van der Waals surface area (Å²) in [5.74, 6) is 0.0556. The molecule has 1 aromatic heterocycles. The Balaban J connectivity index is 1.72. The molecule has 1 saturated carbocycles. The molecule has 4 nitrogen and oxygen atoms in total. The summed E-state index contributed by atoms with van der Waals surface area (Å²) in [7, 11) is 0. The minimum absolute atomic E-state index is 0.0556. The van der Waals surface area contributed by atoms with Crippen LogP contribution in [0, 0.1) is 0 Å². The number of aromatic nitrogens is 1. The molecule has 1 saturated heterocycles. The molecule has 17 heavy (non-hydrogen) atoms. The molecule has 4 heteroatoms. The standard InChI is InChI=1S/C13H18N2O2/c1-2-13(17)8-14(9-13)12(16)11-4-3-7-15(11)10-5-6-10/h3-4,7,10,17H,2,5-6,8-9H2,1H3. The largest absolute Gasteiger partial charge is 0.386 e. The van der Waals surface area contributed by atoms with Gasteiger partial charge in [0.1, 0.15) is 5.69 Å². The second-order valence-corrected chi connectivity index (χ2v) is 5.27. The third-order valence-corrected chi connectivity index (χ3v) is 3.85. The molecular weight excluding hydrogens is 216 g/mol. The first-order valence-corrected chi connectivity index (χ1v) is 6.31. The van der Waals surface area contributed by atoms with Crippen molar-refractivity contribution >= 4 is 5.91 Å². The first-order valence-electron chi connectivity index (χ1n) is 6.31. The summed E-state index contributed by atoms with van der Waals surface area (Å²) < 4.78 is 2.08. The summed E-state index contributed by atoms with van der Waals surface area (Å²) in [6, 6.07) is 4.33. The number of carbonyl (C=O) groups excluding carboxylic acids is 1. The van der Waals surface area contributed by atoms with Gasteiger partial charge in [0.15, 0.2) is 0 Å². The highest BCUT2D eigenvalue weighted by molar-refractivity contribution is 5.93. The summed E-state index contributed by atoms with van der Waals surface area (Å²) in [6.45, 7) is 2.89. The van der Waals surface area contributed by atoms with Crippen molar-refractivity contribution in [1.82, 2.24) is 9.47 Å². The Bertz CT molecular complexity index is 442. The number of carbonyl (C=O) groups is 1. The van der Waals surface area contributed by atoms with Crippen LogP contribution in [0.25, 0.3) is 0 Å². The second-order valence-electron chi connectivity index (χ2n) is 5.27. The zero-order valence-electron chi connectivity index (χ0n) is 10.1. The van der Waals surface area contributed by atoms with Crippen molar-refractivity contribution < 1.29 is 9.90 Å². The van der Waals surface area contributed by atoms with E-state index in [-0.39, 0.29) is 5.91 Å². The number of rotatable bonds is 3. The van der Waals surface area contributed by atoms with Gasteiger partial charge in [-0.15, -0.1) is 0 Å². The van der Waals surface area contributed by atoms with E-state index in [1.807, 2.05) is 25.3 Å². The van der Waals surface area contributed by atoms with Gasteiger partial charge in [0, 0.05) is 12.2 Å². The van der Waals surface area contributed by atoms with E-state index in [0.29, 0.717) is 25.6 Å². The molecule has 1 aliphatic heterocycles. The number of hydrogen-bond donors (Lipinski definition) is 1. The van der Waals surface area contributed by atoms with Crippen LogP contribution in [0.4, 0.5) is 0 Å². The van der Waals surface area contributed by atoms with Crippen LogP contribution < -0.4 is 0 Å². The zero-order chi connectivity index (χ0) is 12.0. The van der Waals surface area contributed by atoms with Crippen LogP contribution in [-0.4, -0.2) is 39.2 Å². The highest BCUT2D eigenvalue weighted by Gasteiger charge is 2.43. The van der Waals surface area contributed by atoms with Crippen molar-refractivity contribution in [2.45, 2.75) is 37.8 Å². The predicted octanol–water partition coefficient (Wildman–Crippen LogP) is 1.42. The smallest absolute Gasteiger partial charge is 0.270 e. The topological polar surface area (TPSA) is 45.5 Å². The van der Waals surface area contributed by atoms with Gasteiger partial charge in [-0.2, -0.15) is 0 Å². The molecule has 92 valence electrons. The lowest BCUT2D eigenvalue weighted by Crippen LogP contribution is -2.63. The highest BCUT2D eigenvalue weighted by Crippen LogP contribution is 2.36. The van der Waals surface area contributed by atoms with E-state index >= 15 is 0 Å². The lowest BCUT2D eigenvalue weighted by molar-refractivity contribution is -0.0829. The number of aliphatic hydroxyl groups is 1. The van der Waals surface area contributed by atoms with E-state index in [4.69, 9.17) is 0 Å². The first kappa shape index (κ1) is 10.8. The van der Waals surface area contributed by atoms with Crippen molar-refractivity contribution in [3.8, 4) is 0 Å². The summed E-state index contributed by atoms with van der Waals surface area (Å²) in [6.07, 6.45) is 5.04. The molecule has 3 rings (SSSR count). The summed E-state index contributed by atoms with van der Waals surface area (Å²) in [5, 5.41) is 9.93. The Morgan fingerprint density at radius 3 is 2.82 bits per heavy atom. The highest BCUT2D eigenvalue weighted by atomic mass is 16.3. The SMILES string of the molecule is CCC1(O)CN(C(=O)c2cccn2C2CC2)C1. The molecule has 1 amide bonds. The first-order chi connectivity index (χ1) is 8.13. The van der Waals surface area contributed by atoms with Crippen LogP contribution >= 0.6 is 0 Å². The van der Waals surface area contributed by atoms with Gasteiger partial charge < -0.3 is 14.6 Å². The minimum Gasteiger partial charge on any atom is -0.386 e. The normalized spacial score (nSPS) is 22.4.